The van der Waals surface area contributed by atoms with E-state index < -0.39 is 0 Å². The van der Waals surface area contributed by atoms with E-state index in [1.165, 1.54) is 0 Å². The molecular formula is C10H14BrNOS. The van der Waals surface area contributed by atoms with Crippen LogP contribution in [0.25, 0.3) is 0 Å². The van der Waals surface area contributed by atoms with Crippen LogP contribution in [0.2, 0.25) is 0 Å². The Kier molecular flexibility index (Phi) is 4.78. The van der Waals surface area contributed by atoms with Crippen LogP contribution in [0.1, 0.15) is 6.92 Å². The molecule has 0 aliphatic heterocycles. The summed E-state index contributed by atoms with van der Waals surface area (Å²) in [6.07, 6.45) is 0. The molecule has 1 aromatic carbocycles. The van der Waals surface area contributed by atoms with Gasteiger partial charge in [-0.15, -0.1) is 11.8 Å². The molecule has 4 heteroatoms. The number of hydrogen-bond acceptors (Lipinski definition) is 3. The summed E-state index contributed by atoms with van der Waals surface area (Å²) in [5, 5.41) is 0.420. The van der Waals surface area contributed by atoms with Gasteiger partial charge in [-0.3, -0.25) is 0 Å². The van der Waals surface area contributed by atoms with Crippen molar-refractivity contribution < 1.29 is 4.74 Å². The van der Waals surface area contributed by atoms with Crippen molar-refractivity contribution >= 4 is 33.4 Å². The number of benzene rings is 1. The average molecular weight is 276 g/mol. The number of rotatable bonds is 4. The van der Waals surface area contributed by atoms with E-state index in [1.807, 2.05) is 18.2 Å². The minimum Gasteiger partial charge on any atom is -0.398 e. The van der Waals surface area contributed by atoms with Gasteiger partial charge in [-0.25, -0.2) is 0 Å². The Morgan fingerprint density at radius 1 is 1.57 bits per heavy atom. The number of thioether (sulfide) groups is 1. The van der Waals surface area contributed by atoms with Gasteiger partial charge in [0.15, 0.2) is 0 Å². The summed E-state index contributed by atoms with van der Waals surface area (Å²) in [5.74, 6) is 0. The zero-order valence-electron chi connectivity index (χ0n) is 8.29. The third-order valence-electron chi connectivity index (χ3n) is 1.70. The molecule has 1 unspecified atom stereocenters. The molecule has 2 nitrogen and oxygen atoms in total. The summed E-state index contributed by atoms with van der Waals surface area (Å²) >= 11 is 5.11. The third-order valence-corrected chi connectivity index (χ3v) is 3.36. The van der Waals surface area contributed by atoms with Gasteiger partial charge in [0.05, 0.1) is 6.61 Å². The predicted molar refractivity (Wildman–Crippen MR) is 65.7 cm³/mol. The molecule has 0 radical (unpaired) electrons. The van der Waals surface area contributed by atoms with Crippen molar-refractivity contribution in [3.63, 3.8) is 0 Å². The Balaban J connectivity index is 2.67. The van der Waals surface area contributed by atoms with Crippen molar-refractivity contribution in [2.45, 2.75) is 17.1 Å². The third kappa shape index (κ3) is 3.52. The summed E-state index contributed by atoms with van der Waals surface area (Å²) in [7, 11) is 1.71. The van der Waals surface area contributed by atoms with Crippen LogP contribution in [-0.4, -0.2) is 19.0 Å². The molecule has 1 atom stereocenters. The lowest BCUT2D eigenvalue weighted by molar-refractivity contribution is 0.203. The van der Waals surface area contributed by atoms with E-state index >= 15 is 0 Å². The highest BCUT2D eigenvalue weighted by Crippen LogP contribution is 2.30. The quantitative estimate of drug-likeness (QED) is 0.677. The minimum absolute atomic E-state index is 0.420. The maximum absolute atomic E-state index is 5.87. The van der Waals surface area contributed by atoms with Crippen LogP contribution in [0.5, 0.6) is 0 Å². The molecule has 0 spiro atoms. The molecule has 0 fully saturated rings. The van der Waals surface area contributed by atoms with Crippen LogP contribution in [0, 0.1) is 0 Å². The van der Waals surface area contributed by atoms with E-state index in [0.29, 0.717) is 5.25 Å². The Hall–Kier alpha value is -0.190. The molecule has 0 aromatic heterocycles. The van der Waals surface area contributed by atoms with Crippen LogP contribution in [0.3, 0.4) is 0 Å². The topological polar surface area (TPSA) is 35.2 Å². The second-order valence-electron chi connectivity index (χ2n) is 3.07. The molecule has 14 heavy (non-hydrogen) atoms. The van der Waals surface area contributed by atoms with Crippen LogP contribution in [0.4, 0.5) is 5.69 Å². The molecule has 78 valence electrons. The van der Waals surface area contributed by atoms with Gasteiger partial charge in [-0.05, 0) is 18.2 Å². The van der Waals surface area contributed by atoms with Crippen LogP contribution >= 0.6 is 27.7 Å². The molecule has 0 aliphatic rings. The molecule has 0 heterocycles. The number of hydrogen-bond donors (Lipinski definition) is 1. The van der Waals surface area contributed by atoms with Gasteiger partial charge in [0.1, 0.15) is 0 Å². The van der Waals surface area contributed by atoms with Crippen LogP contribution < -0.4 is 5.73 Å². The predicted octanol–water partition coefficient (Wildman–Crippen LogP) is 3.16. The maximum Gasteiger partial charge on any atom is 0.0582 e. The number of nitrogens with two attached hydrogens (primary N) is 1. The fourth-order valence-electron chi connectivity index (χ4n) is 1.11. The first-order valence-corrected chi connectivity index (χ1v) is 6.01. The molecule has 0 amide bonds. The standard InChI is InChI=1S/C10H14BrNOS/c1-7(6-13-2)14-10-4-3-8(11)5-9(10)12/h3-5,7H,6,12H2,1-2H3. The molecule has 0 saturated heterocycles. The Bertz CT molecular complexity index is 306. The monoisotopic (exact) mass is 275 g/mol. The molecular weight excluding hydrogens is 262 g/mol. The van der Waals surface area contributed by atoms with Gasteiger partial charge in [0, 0.05) is 27.4 Å². The number of nitrogen functional groups attached to an aromatic ring is 1. The summed E-state index contributed by atoms with van der Waals surface area (Å²) in [6, 6.07) is 5.94. The molecule has 0 aliphatic carbocycles. The number of anilines is 1. The Labute approximate surface area is 97.3 Å². The van der Waals surface area contributed by atoms with Gasteiger partial charge in [0.2, 0.25) is 0 Å². The van der Waals surface area contributed by atoms with Gasteiger partial charge >= 0.3 is 0 Å². The lowest BCUT2D eigenvalue weighted by atomic mass is 10.3. The van der Waals surface area contributed by atoms with Crippen molar-refractivity contribution in [3.05, 3.63) is 22.7 Å². The highest BCUT2D eigenvalue weighted by atomic mass is 79.9. The van der Waals surface area contributed by atoms with Gasteiger partial charge in [-0.2, -0.15) is 0 Å². The van der Waals surface area contributed by atoms with E-state index in [2.05, 4.69) is 22.9 Å². The normalized spacial score (nSPS) is 12.8. The van der Waals surface area contributed by atoms with E-state index in [0.717, 1.165) is 21.7 Å². The second-order valence-corrected chi connectivity index (χ2v) is 5.46. The fourth-order valence-corrected chi connectivity index (χ4v) is 2.47. The van der Waals surface area contributed by atoms with Crippen molar-refractivity contribution in [2.24, 2.45) is 0 Å². The van der Waals surface area contributed by atoms with Gasteiger partial charge in [0.25, 0.3) is 0 Å². The lowest BCUT2D eigenvalue weighted by Gasteiger charge is -2.11. The first-order valence-electron chi connectivity index (χ1n) is 4.34. The average Bonchev–Trinajstić information content (AvgIpc) is 2.10. The first-order chi connectivity index (χ1) is 6.63. The highest BCUT2D eigenvalue weighted by Gasteiger charge is 2.06. The smallest absolute Gasteiger partial charge is 0.0582 e. The van der Waals surface area contributed by atoms with Crippen molar-refractivity contribution in [3.8, 4) is 0 Å². The number of halogens is 1. The zero-order chi connectivity index (χ0) is 10.6. The van der Waals surface area contributed by atoms with Crippen molar-refractivity contribution in [1.29, 1.82) is 0 Å². The first kappa shape index (κ1) is 11.9. The van der Waals surface area contributed by atoms with E-state index in [4.69, 9.17) is 10.5 Å². The van der Waals surface area contributed by atoms with Crippen molar-refractivity contribution in [1.82, 2.24) is 0 Å². The number of ether oxygens (including phenoxy) is 1. The SMILES string of the molecule is COCC(C)Sc1ccc(Br)cc1N. The van der Waals surface area contributed by atoms with E-state index in [1.54, 1.807) is 18.9 Å². The zero-order valence-corrected chi connectivity index (χ0v) is 10.7. The second kappa shape index (κ2) is 5.63. The fraction of sp³-hybridized carbons (Fsp3) is 0.400. The molecule has 0 bridgehead atoms. The lowest BCUT2D eigenvalue weighted by Crippen LogP contribution is -2.05. The Morgan fingerprint density at radius 3 is 2.86 bits per heavy atom. The van der Waals surface area contributed by atoms with Crippen LogP contribution in [-0.2, 0) is 4.74 Å². The van der Waals surface area contributed by atoms with Gasteiger partial charge in [-0.1, -0.05) is 22.9 Å². The Morgan fingerprint density at radius 2 is 2.29 bits per heavy atom. The molecule has 1 rings (SSSR count). The molecule has 1 aromatic rings. The number of methoxy groups -OCH3 is 1. The summed E-state index contributed by atoms with van der Waals surface area (Å²) in [5.41, 5.74) is 6.69. The van der Waals surface area contributed by atoms with E-state index in [9.17, 15) is 0 Å². The van der Waals surface area contributed by atoms with Crippen LogP contribution in [0.15, 0.2) is 27.6 Å². The van der Waals surface area contributed by atoms with E-state index in [-0.39, 0.29) is 0 Å². The highest BCUT2D eigenvalue weighted by molar-refractivity contribution is 9.10. The molecule has 0 saturated carbocycles. The summed E-state index contributed by atoms with van der Waals surface area (Å²) < 4.78 is 6.08. The summed E-state index contributed by atoms with van der Waals surface area (Å²) in [4.78, 5) is 1.11. The van der Waals surface area contributed by atoms with Gasteiger partial charge < -0.3 is 10.5 Å². The largest absolute Gasteiger partial charge is 0.398 e. The summed E-state index contributed by atoms with van der Waals surface area (Å²) in [6.45, 7) is 2.86. The molecule has 2 N–H and O–H groups in total. The van der Waals surface area contributed by atoms with Crippen molar-refractivity contribution in [2.75, 3.05) is 19.5 Å². The maximum atomic E-state index is 5.87. The minimum atomic E-state index is 0.420.